The summed E-state index contributed by atoms with van der Waals surface area (Å²) in [7, 11) is 0. The van der Waals surface area contributed by atoms with E-state index in [0.29, 0.717) is 11.7 Å². The fraction of sp³-hybridized carbons (Fsp3) is 0.450. The Kier molecular flexibility index (Phi) is 6.90. The van der Waals surface area contributed by atoms with Crippen molar-refractivity contribution in [2.24, 2.45) is 0 Å². The molecule has 0 fully saturated rings. The Morgan fingerprint density at radius 1 is 1.22 bits per heavy atom. The number of carbonyl (C=O) groups excluding carboxylic acids is 2. The number of aryl methyl sites for hydroxylation is 2. The maximum atomic E-state index is 12.6. The molecule has 1 aliphatic heterocycles. The van der Waals surface area contributed by atoms with E-state index in [9.17, 15) is 9.59 Å². The molecule has 5 nitrogen and oxygen atoms in total. The van der Waals surface area contributed by atoms with Crippen LogP contribution in [0.4, 0.5) is 10.8 Å². The predicted molar refractivity (Wildman–Crippen MR) is 113 cm³/mol. The van der Waals surface area contributed by atoms with Crippen molar-refractivity contribution in [1.29, 1.82) is 0 Å². The van der Waals surface area contributed by atoms with Crippen molar-refractivity contribution in [1.82, 2.24) is 4.98 Å². The van der Waals surface area contributed by atoms with Crippen LogP contribution < -0.4 is 10.2 Å². The monoisotopic (exact) mass is 403 g/mol. The van der Waals surface area contributed by atoms with Gasteiger partial charge in [-0.3, -0.25) is 9.59 Å². The van der Waals surface area contributed by atoms with Gasteiger partial charge in [-0.15, -0.1) is 23.1 Å². The molecule has 144 valence electrons. The van der Waals surface area contributed by atoms with Gasteiger partial charge >= 0.3 is 0 Å². The summed E-state index contributed by atoms with van der Waals surface area (Å²) in [5.74, 6) is 0.731. The van der Waals surface area contributed by atoms with Crippen molar-refractivity contribution >= 4 is 45.7 Å². The molecule has 0 aliphatic carbocycles. The number of nitrogens with one attached hydrogen (secondary N) is 1. The molecule has 27 heavy (non-hydrogen) atoms. The molecular formula is C20H25N3O2S2. The Hall–Kier alpha value is -1.86. The standard InChI is InChI=1S/C20H25N3O2S2/c1-3-7-14-16(4-2)27-20(21-14)22-18(24)10-11-19(25)23-12-13-26-17-9-6-5-8-15(17)23/h5-6,8-9H,3-4,7,10-13H2,1-2H3,(H,21,22,24). The van der Waals surface area contributed by atoms with E-state index in [1.807, 2.05) is 24.3 Å². The summed E-state index contributed by atoms with van der Waals surface area (Å²) in [5, 5.41) is 3.51. The van der Waals surface area contributed by atoms with Crippen molar-refractivity contribution in [3.63, 3.8) is 0 Å². The Labute approximate surface area is 168 Å². The summed E-state index contributed by atoms with van der Waals surface area (Å²) in [5.41, 5.74) is 2.04. The zero-order valence-electron chi connectivity index (χ0n) is 15.8. The fourth-order valence-corrected chi connectivity index (χ4v) is 5.07. The van der Waals surface area contributed by atoms with Gasteiger partial charge in [-0.2, -0.15) is 0 Å². The van der Waals surface area contributed by atoms with Crippen LogP contribution in [0.3, 0.4) is 0 Å². The van der Waals surface area contributed by atoms with Gasteiger partial charge in [-0.25, -0.2) is 4.98 Å². The summed E-state index contributed by atoms with van der Waals surface area (Å²) in [4.78, 5) is 33.6. The smallest absolute Gasteiger partial charge is 0.227 e. The Morgan fingerprint density at radius 3 is 2.81 bits per heavy atom. The van der Waals surface area contributed by atoms with Gasteiger partial charge in [0, 0.05) is 34.9 Å². The number of nitrogens with zero attached hydrogens (tertiary/aromatic N) is 2. The summed E-state index contributed by atoms with van der Waals surface area (Å²) in [6, 6.07) is 7.93. The summed E-state index contributed by atoms with van der Waals surface area (Å²) in [6.45, 7) is 4.92. The highest BCUT2D eigenvalue weighted by Crippen LogP contribution is 2.34. The van der Waals surface area contributed by atoms with Crippen LogP contribution in [0.25, 0.3) is 0 Å². The van der Waals surface area contributed by atoms with Gasteiger partial charge < -0.3 is 10.2 Å². The number of amides is 2. The van der Waals surface area contributed by atoms with Gasteiger partial charge in [0.25, 0.3) is 0 Å². The van der Waals surface area contributed by atoms with Gasteiger partial charge in [0.15, 0.2) is 5.13 Å². The number of hydrogen-bond donors (Lipinski definition) is 1. The number of thiazole rings is 1. The molecule has 0 spiro atoms. The first-order valence-corrected chi connectivity index (χ1v) is 11.2. The number of rotatable bonds is 7. The van der Waals surface area contributed by atoms with E-state index < -0.39 is 0 Å². The van der Waals surface area contributed by atoms with E-state index in [-0.39, 0.29) is 24.7 Å². The molecule has 2 heterocycles. The average Bonchev–Trinajstić information content (AvgIpc) is 3.07. The summed E-state index contributed by atoms with van der Waals surface area (Å²) >= 11 is 3.31. The van der Waals surface area contributed by atoms with E-state index in [1.165, 1.54) is 16.2 Å². The molecule has 1 aromatic heterocycles. The molecule has 0 unspecified atom stereocenters. The first kappa shape index (κ1) is 19.9. The van der Waals surface area contributed by atoms with Crippen LogP contribution in [0.2, 0.25) is 0 Å². The lowest BCUT2D eigenvalue weighted by Gasteiger charge is -2.28. The first-order valence-electron chi connectivity index (χ1n) is 9.43. The SMILES string of the molecule is CCCc1nc(NC(=O)CCC(=O)N2CCSc3ccccc32)sc1CC. The minimum absolute atomic E-state index is 0.00189. The third-order valence-electron chi connectivity index (χ3n) is 4.43. The second-order valence-corrected chi connectivity index (χ2v) is 8.62. The lowest BCUT2D eigenvalue weighted by atomic mass is 10.2. The van der Waals surface area contributed by atoms with Crippen LogP contribution in [-0.4, -0.2) is 29.1 Å². The third-order valence-corrected chi connectivity index (χ3v) is 6.63. The molecular weight excluding hydrogens is 378 g/mol. The van der Waals surface area contributed by atoms with Gasteiger partial charge in [0.2, 0.25) is 11.8 Å². The highest BCUT2D eigenvalue weighted by Gasteiger charge is 2.23. The minimum atomic E-state index is -0.150. The molecule has 2 aromatic rings. The van der Waals surface area contributed by atoms with Gasteiger partial charge in [0.05, 0.1) is 11.4 Å². The van der Waals surface area contributed by atoms with Crippen molar-refractivity contribution in [2.45, 2.75) is 50.8 Å². The third kappa shape index (κ3) is 4.90. The lowest BCUT2D eigenvalue weighted by Crippen LogP contribution is -2.35. The highest BCUT2D eigenvalue weighted by atomic mass is 32.2. The van der Waals surface area contributed by atoms with E-state index >= 15 is 0 Å². The average molecular weight is 404 g/mol. The molecule has 0 saturated carbocycles. The molecule has 0 bridgehead atoms. The minimum Gasteiger partial charge on any atom is -0.310 e. The number of para-hydroxylation sites is 1. The van der Waals surface area contributed by atoms with Crippen molar-refractivity contribution in [3.05, 3.63) is 34.8 Å². The quantitative estimate of drug-likeness (QED) is 0.738. The molecule has 0 atom stereocenters. The van der Waals surface area contributed by atoms with Gasteiger partial charge in [-0.1, -0.05) is 32.4 Å². The number of anilines is 2. The zero-order valence-corrected chi connectivity index (χ0v) is 17.4. The van der Waals surface area contributed by atoms with Crippen LogP contribution in [-0.2, 0) is 22.4 Å². The lowest BCUT2D eigenvalue weighted by molar-refractivity contribution is -0.122. The molecule has 2 amide bonds. The second kappa shape index (κ2) is 9.37. The normalized spacial score (nSPS) is 13.3. The second-order valence-electron chi connectivity index (χ2n) is 6.40. The zero-order chi connectivity index (χ0) is 19.2. The van der Waals surface area contributed by atoms with E-state index in [2.05, 4.69) is 24.1 Å². The predicted octanol–water partition coefficient (Wildman–Crippen LogP) is 4.52. The van der Waals surface area contributed by atoms with Crippen LogP contribution in [0, 0.1) is 0 Å². The van der Waals surface area contributed by atoms with Gasteiger partial charge in [-0.05, 0) is 25.0 Å². The van der Waals surface area contributed by atoms with Crippen molar-refractivity contribution in [2.75, 3.05) is 22.5 Å². The highest BCUT2D eigenvalue weighted by molar-refractivity contribution is 7.99. The maximum absolute atomic E-state index is 12.6. The first-order chi connectivity index (χ1) is 13.1. The molecule has 0 radical (unpaired) electrons. The van der Waals surface area contributed by atoms with Crippen molar-refractivity contribution in [3.8, 4) is 0 Å². The summed E-state index contributed by atoms with van der Waals surface area (Å²) < 4.78 is 0. The fourth-order valence-electron chi connectivity index (χ4n) is 3.11. The number of benzene rings is 1. The Morgan fingerprint density at radius 2 is 2.04 bits per heavy atom. The van der Waals surface area contributed by atoms with Crippen molar-refractivity contribution < 1.29 is 9.59 Å². The molecule has 3 rings (SSSR count). The molecule has 7 heteroatoms. The Bertz CT molecular complexity index is 819. The molecule has 1 aliphatic rings. The molecule has 0 saturated heterocycles. The topological polar surface area (TPSA) is 62.3 Å². The van der Waals surface area contributed by atoms with Crippen LogP contribution >= 0.6 is 23.1 Å². The Balaban J connectivity index is 1.56. The van der Waals surface area contributed by atoms with E-state index in [1.54, 1.807) is 16.7 Å². The van der Waals surface area contributed by atoms with Gasteiger partial charge in [0.1, 0.15) is 0 Å². The van der Waals surface area contributed by atoms with E-state index in [0.717, 1.165) is 41.3 Å². The molecule has 1 N–H and O–H groups in total. The largest absolute Gasteiger partial charge is 0.310 e. The number of thioether (sulfide) groups is 1. The molecule has 1 aromatic carbocycles. The van der Waals surface area contributed by atoms with Crippen LogP contribution in [0.15, 0.2) is 29.2 Å². The number of hydrogen-bond acceptors (Lipinski definition) is 5. The maximum Gasteiger partial charge on any atom is 0.227 e. The van der Waals surface area contributed by atoms with Crippen LogP contribution in [0.1, 0.15) is 43.7 Å². The van der Waals surface area contributed by atoms with Crippen LogP contribution in [0.5, 0.6) is 0 Å². The number of fused-ring (bicyclic) bond motifs is 1. The number of aromatic nitrogens is 1. The summed E-state index contributed by atoms with van der Waals surface area (Å²) in [6.07, 6.45) is 3.27. The number of carbonyl (C=O) groups is 2. The van der Waals surface area contributed by atoms with E-state index in [4.69, 9.17) is 0 Å².